The lowest BCUT2D eigenvalue weighted by molar-refractivity contribution is 0.0383. The summed E-state index contributed by atoms with van der Waals surface area (Å²) in [4.78, 5) is 19.2. The van der Waals surface area contributed by atoms with Gasteiger partial charge in [-0.05, 0) is 30.3 Å². The van der Waals surface area contributed by atoms with Crippen LogP contribution >= 0.6 is 11.3 Å². The largest absolute Gasteiger partial charge is 0.431 e. The van der Waals surface area contributed by atoms with Gasteiger partial charge >= 0.3 is 0 Å². The maximum atomic E-state index is 12.4. The molecule has 1 aliphatic heterocycles. The van der Waals surface area contributed by atoms with Crippen molar-refractivity contribution in [2.24, 2.45) is 0 Å². The molecular formula is C20H21N3O3S. The summed E-state index contributed by atoms with van der Waals surface area (Å²) in [6.45, 7) is 4.85. The van der Waals surface area contributed by atoms with E-state index in [-0.39, 0.29) is 5.91 Å². The molecule has 0 saturated carbocycles. The van der Waals surface area contributed by atoms with E-state index in [4.69, 9.17) is 9.47 Å². The summed E-state index contributed by atoms with van der Waals surface area (Å²) in [5.74, 6) is 0.682. The predicted octanol–water partition coefficient (Wildman–Crippen LogP) is 3.15. The number of carbonyl (C=O) groups is 1. The maximum Gasteiger partial charge on any atom is 0.279 e. The van der Waals surface area contributed by atoms with Gasteiger partial charge in [0.25, 0.3) is 11.1 Å². The summed E-state index contributed by atoms with van der Waals surface area (Å²) in [5, 5.41) is 3.56. The van der Waals surface area contributed by atoms with Crippen molar-refractivity contribution in [1.82, 2.24) is 15.2 Å². The molecule has 3 aromatic rings. The minimum atomic E-state index is -0.0657. The van der Waals surface area contributed by atoms with E-state index in [0.29, 0.717) is 17.3 Å². The number of morpholine rings is 1. The first kappa shape index (κ1) is 17.9. The third-order valence-electron chi connectivity index (χ3n) is 4.40. The Bertz CT molecular complexity index is 907. The molecule has 2 heterocycles. The maximum absolute atomic E-state index is 12.4. The summed E-state index contributed by atoms with van der Waals surface area (Å²) >= 11 is 1.43. The van der Waals surface area contributed by atoms with E-state index in [0.717, 1.165) is 48.8 Å². The van der Waals surface area contributed by atoms with Crippen molar-refractivity contribution >= 4 is 27.5 Å². The number of hydrogen-bond donors (Lipinski definition) is 1. The molecule has 1 N–H and O–H groups in total. The Morgan fingerprint density at radius 1 is 1.19 bits per heavy atom. The van der Waals surface area contributed by atoms with Gasteiger partial charge in [-0.15, -0.1) is 0 Å². The standard InChI is InChI=1S/C20H21N3O3S/c24-19(21-8-9-23-10-12-25-13-11-23)15-6-7-17-18(14-15)27-20(22-17)26-16-4-2-1-3-5-16/h1-7,14H,8-13H2,(H,21,24). The fraction of sp³-hybridized carbons (Fsp3) is 0.300. The van der Waals surface area contributed by atoms with Crippen LogP contribution in [0.5, 0.6) is 10.9 Å². The molecule has 1 fully saturated rings. The normalized spacial score (nSPS) is 15.0. The minimum Gasteiger partial charge on any atom is -0.431 e. The fourth-order valence-corrected chi connectivity index (χ4v) is 3.81. The number of hydrogen-bond acceptors (Lipinski definition) is 6. The number of nitrogens with one attached hydrogen (secondary N) is 1. The van der Waals surface area contributed by atoms with Gasteiger partial charge in [0.05, 0.1) is 23.4 Å². The molecule has 1 aromatic heterocycles. The van der Waals surface area contributed by atoms with E-state index in [2.05, 4.69) is 15.2 Å². The monoisotopic (exact) mass is 383 g/mol. The van der Waals surface area contributed by atoms with Crippen LogP contribution < -0.4 is 10.1 Å². The number of amides is 1. The molecular weight excluding hydrogens is 362 g/mol. The zero-order valence-electron chi connectivity index (χ0n) is 14.9. The first-order valence-corrected chi connectivity index (χ1v) is 9.81. The van der Waals surface area contributed by atoms with E-state index in [1.54, 1.807) is 6.07 Å². The Morgan fingerprint density at radius 3 is 2.81 bits per heavy atom. The van der Waals surface area contributed by atoms with Gasteiger partial charge in [-0.3, -0.25) is 9.69 Å². The van der Waals surface area contributed by atoms with Gasteiger partial charge < -0.3 is 14.8 Å². The van der Waals surface area contributed by atoms with E-state index < -0.39 is 0 Å². The molecule has 27 heavy (non-hydrogen) atoms. The highest BCUT2D eigenvalue weighted by atomic mass is 32.1. The van der Waals surface area contributed by atoms with Crippen molar-refractivity contribution in [3.63, 3.8) is 0 Å². The van der Waals surface area contributed by atoms with Crippen LogP contribution in [0, 0.1) is 0 Å². The number of benzene rings is 2. The zero-order chi connectivity index (χ0) is 18.5. The highest BCUT2D eigenvalue weighted by Crippen LogP contribution is 2.31. The second kappa shape index (κ2) is 8.47. The first-order valence-electron chi connectivity index (χ1n) is 9.00. The molecule has 1 amide bonds. The Kier molecular flexibility index (Phi) is 5.62. The topological polar surface area (TPSA) is 63.7 Å². The second-order valence-electron chi connectivity index (χ2n) is 6.29. The summed E-state index contributed by atoms with van der Waals surface area (Å²) in [5.41, 5.74) is 1.47. The molecule has 0 aliphatic carbocycles. The lowest BCUT2D eigenvalue weighted by Gasteiger charge is -2.26. The zero-order valence-corrected chi connectivity index (χ0v) is 15.7. The first-order chi connectivity index (χ1) is 13.3. The van der Waals surface area contributed by atoms with Gasteiger partial charge in [-0.1, -0.05) is 29.5 Å². The van der Waals surface area contributed by atoms with Gasteiger partial charge in [-0.25, -0.2) is 4.98 Å². The molecule has 1 aliphatic rings. The quantitative estimate of drug-likeness (QED) is 0.708. The van der Waals surface area contributed by atoms with Gasteiger partial charge in [0.15, 0.2) is 0 Å². The van der Waals surface area contributed by atoms with Crippen molar-refractivity contribution in [2.75, 3.05) is 39.4 Å². The number of fused-ring (bicyclic) bond motifs is 1. The Labute approximate surface area is 161 Å². The molecule has 4 rings (SSSR count). The number of para-hydroxylation sites is 1. The molecule has 0 bridgehead atoms. The molecule has 7 heteroatoms. The minimum absolute atomic E-state index is 0.0657. The van der Waals surface area contributed by atoms with Crippen LogP contribution in [0.25, 0.3) is 10.2 Å². The van der Waals surface area contributed by atoms with Crippen LogP contribution in [0.15, 0.2) is 48.5 Å². The Morgan fingerprint density at radius 2 is 2.00 bits per heavy atom. The molecule has 2 aromatic carbocycles. The van der Waals surface area contributed by atoms with Crippen molar-refractivity contribution in [1.29, 1.82) is 0 Å². The van der Waals surface area contributed by atoms with Gasteiger partial charge in [0.1, 0.15) is 5.75 Å². The predicted molar refractivity (Wildman–Crippen MR) is 106 cm³/mol. The summed E-state index contributed by atoms with van der Waals surface area (Å²) in [7, 11) is 0. The highest BCUT2D eigenvalue weighted by molar-refractivity contribution is 7.20. The molecule has 0 atom stereocenters. The number of aromatic nitrogens is 1. The van der Waals surface area contributed by atoms with Gasteiger partial charge in [-0.2, -0.15) is 0 Å². The smallest absolute Gasteiger partial charge is 0.279 e. The van der Waals surface area contributed by atoms with Crippen LogP contribution in [0.1, 0.15) is 10.4 Å². The molecule has 0 radical (unpaired) electrons. The molecule has 6 nitrogen and oxygen atoms in total. The lowest BCUT2D eigenvalue weighted by Crippen LogP contribution is -2.41. The van der Waals surface area contributed by atoms with Crippen molar-refractivity contribution < 1.29 is 14.3 Å². The second-order valence-corrected chi connectivity index (χ2v) is 7.28. The molecule has 0 spiro atoms. The Hall–Kier alpha value is -2.48. The number of nitrogens with zero attached hydrogens (tertiary/aromatic N) is 2. The van der Waals surface area contributed by atoms with E-state index >= 15 is 0 Å². The van der Waals surface area contributed by atoms with Crippen molar-refractivity contribution in [2.45, 2.75) is 0 Å². The van der Waals surface area contributed by atoms with Crippen molar-refractivity contribution in [3.8, 4) is 10.9 Å². The summed E-state index contributed by atoms with van der Waals surface area (Å²) in [6, 6.07) is 15.1. The van der Waals surface area contributed by atoms with Crippen LogP contribution in [-0.4, -0.2) is 55.2 Å². The van der Waals surface area contributed by atoms with Crippen molar-refractivity contribution in [3.05, 3.63) is 54.1 Å². The molecule has 1 saturated heterocycles. The van der Waals surface area contributed by atoms with Crippen LogP contribution in [-0.2, 0) is 4.74 Å². The number of ether oxygens (including phenoxy) is 2. The summed E-state index contributed by atoms with van der Waals surface area (Å²) < 4.78 is 12.1. The SMILES string of the molecule is O=C(NCCN1CCOCC1)c1ccc2nc(Oc3ccccc3)sc2c1. The number of carbonyl (C=O) groups excluding carboxylic acids is 1. The van der Waals surface area contributed by atoms with Crippen LogP contribution in [0.2, 0.25) is 0 Å². The molecule has 0 unspecified atom stereocenters. The Balaban J connectivity index is 1.37. The number of rotatable bonds is 6. The van der Waals surface area contributed by atoms with E-state index in [9.17, 15) is 4.79 Å². The van der Waals surface area contributed by atoms with Crippen LogP contribution in [0.4, 0.5) is 0 Å². The van der Waals surface area contributed by atoms with Crippen LogP contribution in [0.3, 0.4) is 0 Å². The average Bonchev–Trinajstić information content (AvgIpc) is 3.11. The number of thiazole rings is 1. The molecule has 140 valence electrons. The van der Waals surface area contributed by atoms with E-state index in [1.165, 1.54) is 11.3 Å². The highest BCUT2D eigenvalue weighted by Gasteiger charge is 2.13. The third-order valence-corrected chi connectivity index (χ3v) is 5.29. The lowest BCUT2D eigenvalue weighted by atomic mass is 10.2. The van der Waals surface area contributed by atoms with Gasteiger partial charge in [0.2, 0.25) is 0 Å². The fourth-order valence-electron chi connectivity index (χ4n) is 2.93. The van der Waals surface area contributed by atoms with Gasteiger partial charge in [0, 0.05) is 31.7 Å². The average molecular weight is 383 g/mol. The summed E-state index contributed by atoms with van der Waals surface area (Å²) in [6.07, 6.45) is 0. The third kappa shape index (κ3) is 4.63. The van der Waals surface area contributed by atoms with E-state index in [1.807, 2.05) is 42.5 Å².